The molecule has 0 spiro atoms. The molecule has 7 heteroatoms. The molecular formula is C23H27N3O4. The minimum atomic E-state index is -0.255. The van der Waals surface area contributed by atoms with Crippen molar-refractivity contribution in [1.82, 2.24) is 4.98 Å². The molecule has 2 aromatic carbocycles. The first kappa shape index (κ1) is 20.1. The number of β-amino-alcohol motifs (C(OH)–C–C–N with tert-alkyl or cyclic N) is 1. The number of aromatic amines is 1. The van der Waals surface area contributed by atoms with Crippen LogP contribution in [0.5, 0.6) is 11.5 Å². The zero-order valence-corrected chi connectivity index (χ0v) is 17.3. The molecule has 1 aliphatic heterocycles. The second-order valence-corrected chi connectivity index (χ2v) is 7.56. The summed E-state index contributed by atoms with van der Waals surface area (Å²) in [5.74, 6) is 1.20. The average Bonchev–Trinajstić information content (AvgIpc) is 2.77. The fraction of sp³-hybridized carbons (Fsp3) is 0.348. The molecule has 4 rings (SSSR count). The van der Waals surface area contributed by atoms with Gasteiger partial charge in [-0.2, -0.15) is 0 Å². The standard InChI is InChI=1S/C23H27N3O4/c1-29-21-11-15-10-16(23(28)25-20(15)12-22(21)30-2)13-24-17-5-7-18(8-6-17)26-9-3-4-19(27)14-26/h5-8,10-12,19,24,27H,3-4,9,13-14H2,1-2H3,(H,25,28). The summed E-state index contributed by atoms with van der Waals surface area (Å²) in [5.41, 5.74) is 3.24. The van der Waals surface area contributed by atoms with Crippen molar-refractivity contribution in [2.24, 2.45) is 0 Å². The van der Waals surface area contributed by atoms with Crippen molar-refractivity contribution in [3.8, 4) is 11.5 Å². The number of hydrogen-bond acceptors (Lipinski definition) is 6. The fourth-order valence-electron chi connectivity index (χ4n) is 3.89. The van der Waals surface area contributed by atoms with Crippen molar-refractivity contribution in [2.75, 3.05) is 37.5 Å². The van der Waals surface area contributed by atoms with Gasteiger partial charge in [-0.1, -0.05) is 0 Å². The highest BCUT2D eigenvalue weighted by atomic mass is 16.5. The molecule has 1 aliphatic rings. The number of piperidine rings is 1. The van der Waals surface area contributed by atoms with Gasteiger partial charge in [-0.15, -0.1) is 0 Å². The summed E-state index contributed by atoms with van der Waals surface area (Å²) in [6.45, 7) is 2.04. The Morgan fingerprint density at radius 2 is 1.87 bits per heavy atom. The van der Waals surface area contributed by atoms with E-state index in [-0.39, 0.29) is 11.7 Å². The molecule has 0 amide bonds. The molecule has 1 saturated heterocycles. The number of aromatic nitrogens is 1. The molecule has 3 aromatic rings. The quantitative estimate of drug-likeness (QED) is 0.580. The number of H-pyrrole nitrogens is 1. The number of hydrogen-bond donors (Lipinski definition) is 3. The van der Waals surface area contributed by atoms with Gasteiger partial charge >= 0.3 is 0 Å². The molecule has 2 heterocycles. The number of aliphatic hydroxyl groups is 1. The number of benzene rings is 2. The van der Waals surface area contributed by atoms with Crippen molar-refractivity contribution in [3.05, 3.63) is 58.4 Å². The summed E-state index contributed by atoms with van der Waals surface area (Å²) in [6.07, 6.45) is 1.62. The van der Waals surface area contributed by atoms with Crippen molar-refractivity contribution in [3.63, 3.8) is 0 Å². The summed E-state index contributed by atoms with van der Waals surface area (Å²) in [6, 6.07) is 13.6. The molecule has 30 heavy (non-hydrogen) atoms. The topological polar surface area (TPSA) is 86.8 Å². The van der Waals surface area contributed by atoms with E-state index in [0.717, 1.165) is 36.1 Å². The Morgan fingerprint density at radius 1 is 1.13 bits per heavy atom. The number of rotatable bonds is 6. The molecule has 7 nitrogen and oxygen atoms in total. The highest BCUT2D eigenvalue weighted by molar-refractivity contribution is 5.83. The van der Waals surface area contributed by atoms with Gasteiger partial charge in [0.1, 0.15) is 0 Å². The smallest absolute Gasteiger partial charge is 0.253 e. The summed E-state index contributed by atoms with van der Waals surface area (Å²) in [7, 11) is 3.16. The lowest BCUT2D eigenvalue weighted by atomic mass is 10.1. The van der Waals surface area contributed by atoms with Gasteiger partial charge in [-0.05, 0) is 49.2 Å². The van der Waals surface area contributed by atoms with Crippen LogP contribution in [0.2, 0.25) is 0 Å². The normalized spacial score (nSPS) is 16.5. The largest absolute Gasteiger partial charge is 0.493 e. The summed E-state index contributed by atoms with van der Waals surface area (Å²) < 4.78 is 10.7. The predicted molar refractivity (Wildman–Crippen MR) is 119 cm³/mol. The number of nitrogens with one attached hydrogen (secondary N) is 2. The van der Waals surface area contributed by atoms with E-state index in [1.165, 1.54) is 0 Å². The number of methoxy groups -OCH3 is 2. The van der Waals surface area contributed by atoms with E-state index < -0.39 is 0 Å². The monoisotopic (exact) mass is 409 g/mol. The second kappa shape index (κ2) is 8.67. The van der Waals surface area contributed by atoms with Crippen LogP contribution in [0.3, 0.4) is 0 Å². The summed E-state index contributed by atoms with van der Waals surface area (Å²) >= 11 is 0. The minimum absolute atomic E-state index is 0.138. The van der Waals surface area contributed by atoms with Crippen molar-refractivity contribution >= 4 is 22.3 Å². The lowest BCUT2D eigenvalue weighted by molar-refractivity contribution is 0.154. The van der Waals surface area contributed by atoms with Gasteiger partial charge in [0.15, 0.2) is 11.5 Å². The van der Waals surface area contributed by atoms with Crippen LogP contribution in [0.25, 0.3) is 10.9 Å². The molecule has 1 fully saturated rings. The highest BCUT2D eigenvalue weighted by Gasteiger charge is 2.17. The zero-order valence-electron chi connectivity index (χ0n) is 17.3. The van der Waals surface area contributed by atoms with E-state index in [2.05, 4.69) is 15.2 Å². The van der Waals surface area contributed by atoms with Crippen LogP contribution < -0.4 is 25.2 Å². The van der Waals surface area contributed by atoms with Crippen LogP contribution in [-0.2, 0) is 6.54 Å². The zero-order chi connectivity index (χ0) is 21.1. The van der Waals surface area contributed by atoms with Crippen molar-refractivity contribution in [2.45, 2.75) is 25.5 Å². The van der Waals surface area contributed by atoms with Crippen LogP contribution in [0.15, 0.2) is 47.3 Å². The van der Waals surface area contributed by atoms with E-state index in [0.29, 0.717) is 35.7 Å². The second-order valence-electron chi connectivity index (χ2n) is 7.56. The number of pyridine rings is 1. The molecule has 3 N–H and O–H groups in total. The highest BCUT2D eigenvalue weighted by Crippen LogP contribution is 2.31. The molecule has 1 atom stereocenters. The molecular weight excluding hydrogens is 382 g/mol. The van der Waals surface area contributed by atoms with Crippen molar-refractivity contribution < 1.29 is 14.6 Å². The molecule has 0 saturated carbocycles. The number of ether oxygens (including phenoxy) is 2. The Labute approximate surface area is 175 Å². The molecule has 1 aromatic heterocycles. The SMILES string of the molecule is COc1cc2cc(CNc3ccc(N4CCCC(O)C4)cc3)c(=O)[nH]c2cc1OC. The lowest BCUT2D eigenvalue weighted by Crippen LogP contribution is -2.38. The van der Waals surface area contributed by atoms with E-state index in [1.807, 2.05) is 36.4 Å². The Kier molecular flexibility index (Phi) is 5.81. The van der Waals surface area contributed by atoms with Crippen LogP contribution in [-0.4, -0.2) is 43.5 Å². The molecule has 0 bridgehead atoms. The summed E-state index contributed by atoms with van der Waals surface area (Å²) in [4.78, 5) is 17.6. The Bertz CT molecular complexity index is 1080. The first-order valence-corrected chi connectivity index (χ1v) is 10.1. The lowest BCUT2D eigenvalue weighted by Gasteiger charge is -2.32. The number of aliphatic hydroxyl groups excluding tert-OH is 1. The van der Waals surface area contributed by atoms with E-state index in [1.54, 1.807) is 20.3 Å². The van der Waals surface area contributed by atoms with Crippen LogP contribution in [0.1, 0.15) is 18.4 Å². The van der Waals surface area contributed by atoms with E-state index in [4.69, 9.17) is 9.47 Å². The number of fused-ring (bicyclic) bond motifs is 1. The van der Waals surface area contributed by atoms with Gasteiger partial charge in [0, 0.05) is 48.0 Å². The summed E-state index contributed by atoms with van der Waals surface area (Å²) in [5, 5.41) is 14.1. The van der Waals surface area contributed by atoms with Gasteiger partial charge in [0.25, 0.3) is 5.56 Å². The predicted octanol–water partition coefficient (Wildman–Crippen LogP) is 3.12. The van der Waals surface area contributed by atoms with Gasteiger partial charge in [0.05, 0.1) is 25.8 Å². The average molecular weight is 409 g/mol. The Morgan fingerprint density at radius 3 is 2.57 bits per heavy atom. The van der Waals surface area contributed by atoms with Gasteiger partial charge in [-0.25, -0.2) is 0 Å². The minimum Gasteiger partial charge on any atom is -0.493 e. The molecule has 0 radical (unpaired) electrons. The number of nitrogens with zero attached hydrogens (tertiary/aromatic N) is 1. The van der Waals surface area contributed by atoms with Gasteiger partial charge < -0.3 is 29.8 Å². The van der Waals surface area contributed by atoms with Crippen LogP contribution in [0, 0.1) is 0 Å². The maximum atomic E-state index is 12.5. The molecule has 1 unspecified atom stereocenters. The maximum absolute atomic E-state index is 12.5. The van der Waals surface area contributed by atoms with Gasteiger partial charge in [0.2, 0.25) is 0 Å². The fourth-order valence-corrected chi connectivity index (χ4v) is 3.89. The third-order valence-electron chi connectivity index (χ3n) is 5.54. The Balaban J connectivity index is 1.49. The first-order valence-electron chi connectivity index (χ1n) is 10.1. The van der Waals surface area contributed by atoms with Crippen LogP contribution >= 0.6 is 0 Å². The molecule has 0 aliphatic carbocycles. The van der Waals surface area contributed by atoms with Crippen molar-refractivity contribution in [1.29, 1.82) is 0 Å². The number of anilines is 2. The third kappa shape index (κ3) is 4.21. The van der Waals surface area contributed by atoms with E-state index >= 15 is 0 Å². The van der Waals surface area contributed by atoms with Crippen LogP contribution in [0.4, 0.5) is 11.4 Å². The molecule has 158 valence electrons. The van der Waals surface area contributed by atoms with Gasteiger partial charge in [-0.3, -0.25) is 4.79 Å². The Hall–Kier alpha value is -3.19. The maximum Gasteiger partial charge on any atom is 0.253 e. The third-order valence-corrected chi connectivity index (χ3v) is 5.54. The first-order chi connectivity index (χ1) is 14.6. The van der Waals surface area contributed by atoms with E-state index in [9.17, 15) is 9.90 Å².